The fourth-order valence-electron chi connectivity index (χ4n) is 2.53. The third-order valence-corrected chi connectivity index (χ3v) is 3.64. The molecule has 3 nitrogen and oxygen atoms in total. The van der Waals surface area contributed by atoms with Crippen LogP contribution < -0.4 is 10.1 Å². The molecule has 0 unspecified atom stereocenters. The molecule has 130 valence electrons. The van der Waals surface area contributed by atoms with E-state index in [1.165, 1.54) is 24.3 Å². The van der Waals surface area contributed by atoms with Crippen molar-refractivity contribution >= 4 is 12.4 Å². The van der Waals surface area contributed by atoms with E-state index in [0.717, 1.165) is 6.07 Å². The van der Waals surface area contributed by atoms with Gasteiger partial charge in [0, 0.05) is 13.1 Å². The van der Waals surface area contributed by atoms with Crippen molar-refractivity contribution in [3.63, 3.8) is 0 Å². The number of nitrogens with one attached hydrogen (secondary N) is 1. The Morgan fingerprint density at radius 3 is 2.62 bits per heavy atom. The molecule has 1 fully saturated rings. The first-order chi connectivity index (χ1) is 11.1. The van der Waals surface area contributed by atoms with Crippen LogP contribution in [0.3, 0.4) is 0 Å². The maximum absolute atomic E-state index is 13.9. The van der Waals surface area contributed by atoms with Crippen molar-refractivity contribution in [2.45, 2.75) is 12.2 Å². The van der Waals surface area contributed by atoms with E-state index in [-0.39, 0.29) is 18.2 Å². The summed E-state index contributed by atoms with van der Waals surface area (Å²) in [6.45, 7) is 1.63. The Kier molecular flexibility index (Phi) is 6.48. The van der Waals surface area contributed by atoms with E-state index in [1.54, 1.807) is 12.1 Å². The summed E-state index contributed by atoms with van der Waals surface area (Å²) < 4.78 is 52.1. The average Bonchev–Trinajstić information content (AvgIpc) is 2.57. The molecule has 0 aliphatic carbocycles. The average molecular weight is 360 g/mol. The van der Waals surface area contributed by atoms with Gasteiger partial charge >= 0.3 is 0 Å². The zero-order valence-corrected chi connectivity index (χ0v) is 13.5. The van der Waals surface area contributed by atoms with Gasteiger partial charge in [-0.2, -0.15) is 4.39 Å². The van der Waals surface area contributed by atoms with Gasteiger partial charge in [-0.1, -0.05) is 18.2 Å². The van der Waals surface area contributed by atoms with Crippen molar-refractivity contribution in [3.8, 4) is 5.75 Å². The van der Waals surface area contributed by atoms with Gasteiger partial charge in [0.05, 0.1) is 6.61 Å². The summed E-state index contributed by atoms with van der Waals surface area (Å²) in [5, 5.41) is 3.14. The van der Waals surface area contributed by atoms with Crippen LogP contribution in [0.15, 0.2) is 42.5 Å². The molecule has 24 heavy (non-hydrogen) atoms. The molecular weight excluding hydrogens is 343 g/mol. The van der Waals surface area contributed by atoms with Crippen molar-refractivity contribution in [1.29, 1.82) is 0 Å². The van der Waals surface area contributed by atoms with Gasteiger partial charge in [-0.25, -0.2) is 8.78 Å². The van der Waals surface area contributed by atoms with Crippen molar-refractivity contribution < 1.29 is 22.6 Å². The van der Waals surface area contributed by atoms with E-state index in [1.807, 2.05) is 0 Å². The molecule has 2 atom stereocenters. The number of hydrogen-bond acceptors (Lipinski definition) is 3. The quantitative estimate of drug-likeness (QED) is 0.904. The van der Waals surface area contributed by atoms with Crippen LogP contribution in [0, 0.1) is 17.5 Å². The summed E-state index contributed by atoms with van der Waals surface area (Å²) >= 11 is 0. The zero-order valence-electron chi connectivity index (χ0n) is 12.7. The van der Waals surface area contributed by atoms with Crippen LogP contribution in [0.1, 0.15) is 11.7 Å². The molecular formula is C17H17ClF3NO2. The van der Waals surface area contributed by atoms with Gasteiger partial charge in [0.1, 0.15) is 11.9 Å². The molecule has 1 aliphatic heterocycles. The molecule has 0 amide bonds. The Morgan fingerprint density at radius 1 is 1.12 bits per heavy atom. The first-order valence-electron chi connectivity index (χ1n) is 7.33. The summed E-state index contributed by atoms with van der Waals surface area (Å²) in [5.74, 6) is -2.73. The molecule has 2 aromatic carbocycles. The molecule has 7 heteroatoms. The maximum atomic E-state index is 13.9. The summed E-state index contributed by atoms with van der Waals surface area (Å²) in [6, 6.07) is 9.53. The van der Waals surface area contributed by atoms with Crippen LogP contribution in [-0.2, 0) is 4.74 Å². The number of rotatable bonds is 4. The SMILES string of the molecule is Cl.Fc1cccc([C@H](Oc2cccc(F)c2F)[C@@H]2CNCCO2)c1. The first kappa shape index (κ1) is 18.6. The molecule has 0 radical (unpaired) electrons. The van der Waals surface area contributed by atoms with Crippen LogP contribution in [-0.4, -0.2) is 25.8 Å². The second kappa shape index (κ2) is 8.37. The molecule has 1 N–H and O–H groups in total. The van der Waals surface area contributed by atoms with Gasteiger partial charge in [0.25, 0.3) is 0 Å². The lowest BCUT2D eigenvalue weighted by Gasteiger charge is -2.31. The smallest absolute Gasteiger partial charge is 0.200 e. The lowest BCUT2D eigenvalue weighted by molar-refractivity contribution is -0.0444. The topological polar surface area (TPSA) is 30.5 Å². The summed E-state index contributed by atoms with van der Waals surface area (Å²) in [5.41, 5.74) is 0.502. The second-order valence-corrected chi connectivity index (χ2v) is 5.26. The van der Waals surface area contributed by atoms with E-state index >= 15 is 0 Å². The molecule has 1 saturated heterocycles. The minimum Gasteiger partial charge on any atom is -0.480 e. The number of benzene rings is 2. The molecule has 0 aromatic heterocycles. The van der Waals surface area contributed by atoms with Gasteiger partial charge in [0.15, 0.2) is 17.7 Å². The van der Waals surface area contributed by atoms with Gasteiger partial charge in [-0.05, 0) is 29.8 Å². The van der Waals surface area contributed by atoms with E-state index in [9.17, 15) is 13.2 Å². The minimum absolute atomic E-state index is 0. The Balaban J connectivity index is 0.00000208. The number of hydrogen-bond donors (Lipinski definition) is 1. The molecule has 3 rings (SSSR count). The Morgan fingerprint density at radius 2 is 1.92 bits per heavy atom. The minimum atomic E-state index is -1.07. The van der Waals surface area contributed by atoms with Crippen molar-refractivity contribution in [3.05, 3.63) is 65.5 Å². The predicted octanol–water partition coefficient (Wildman–Crippen LogP) is 3.63. The van der Waals surface area contributed by atoms with Crippen LogP contribution in [0.2, 0.25) is 0 Å². The maximum Gasteiger partial charge on any atom is 0.200 e. The molecule has 2 aromatic rings. The molecule has 0 spiro atoms. The van der Waals surface area contributed by atoms with Gasteiger partial charge in [-0.3, -0.25) is 0 Å². The molecule has 0 saturated carbocycles. The number of halogens is 4. The highest BCUT2D eigenvalue weighted by Crippen LogP contribution is 2.30. The first-order valence-corrected chi connectivity index (χ1v) is 7.33. The fraction of sp³-hybridized carbons (Fsp3) is 0.294. The van der Waals surface area contributed by atoms with Crippen molar-refractivity contribution in [2.24, 2.45) is 0 Å². The standard InChI is InChI=1S/C17H16F3NO2.ClH/c18-12-4-1-3-11(9-12)17(15-10-21-7-8-22-15)23-14-6-2-5-13(19)16(14)20;/h1-6,9,15,17,21H,7-8,10H2;1H/t15-,17-;/m0./s1. The lowest BCUT2D eigenvalue weighted by atomic mass is 10.0. The molecule has 0 bridgehead atoms. The normalized spacial score (nSPS) is 18.5. The third-order valence-electron chi connectivity index (χ3n) is 3.64. The summed E-state index contributed by atoms with van der Waals surface area (Å²) in [6.07, 6.45) is -1.19. The number of morpholine rings is 1. The predicted molar refractivity (Wildman–Crippen MR) is 86.0 cm³/mol. The van der Waals surface area contributed by atoms with E-state index in [4.69, 9.17) is 9.47 Å². The van der Waals surface area contributed by atoms with Crippen LogP contribution in [0.25, 0.3) is 0 Å². The van der Waals surface area contributed by atoms with Gasteiger partial charge < -0.3 is 14.8 Å². The van der Waals surface area contributed by atoms with Crippen molar-refractivity contribution in [2.75, 3.05) is 19.7 Å². The third kappa shape index (κ3) is 4.20. The molecule has 1 heterocycles. The fourth-order valence-corrected chi connectivity index (χ4v) is 2.53. The Bertz CT molecular complexity index is 681. The highest BCUT2D eigenvalue weighted by Gasteiger charge is 2.29. The van der Waals surface area contributed by atoms with Crippen molar-refractivity contribution in [1.82, 2.24) is 5.32 Å². The van der Waals surface area contributed by atoms with Crippen LogP contribution in [0.4, 0.5) is 13.2 Å². The number of ether oxygens (including phenoxy) is 2. The zero-order chi connectivity index (χ0) is 16.2. The largest absolute Gasteiger partial charge is 0.480 e. The highest BCUT2D eigenvalue weighted by atomic mass is 35.5. The van der Waals surface area contributed by atoms with Gasteiger partial charge in [0.2, 0.25) is 5.82 Å². The van der Waals surface area contributed by atoms with E-state index < -0.39 is 29.7 Å². The monoisotopic (exact) mass is 359 g/mol. The summed E-state index contributed by atoms with van der Waals surface area (Å²) in [4.78, 5) is 0. The Labute approximate surface area is 144 Å². The van der Waals surface area contributed by atoms with Gasteiger partial charge in [-0.15, -0.1) is 12.4 Å². The summed E-state index contributed by atoms with van der Waals surface area (Å²) in [7, 11) is 0. The van der Waals surface area contributed by atoms with E-state index in [2.05, 4.69) is 5.32 Å². The van der Waals surface area contributed by atoms with Crippen LogP contribution >= 0.6 is 12.4 Å². The van der Waals surface area contributed by atoms with E-state index in [0.29, 0.717) is 25.3 Å². The molecule has 1 aliphatic rings. The second-order valence-electron chi connectivity index (χ2n) is 5.26. The van der Waals surface area contributed by atoms with Crippen LogP contribution in [0.5, 0.6) is 5.75 Å². The highest BCUT2D eigenvalue weighted by molar-refractivity contribution is 5.85. The lowest BCUT2D eigenvalue weighted by Crippen LogP contribution is -2.43. The Hall–Kier alpha value is -1.76.